The van der Waals surface area contributed by atoms with Crippen LogP contribution in [0.5, 0.6) is 0 Å². The zero-order chi connectivity index (χ0) is 12.3. The lowest BCUT2D eigenvalue weighted by atomic mass is 10.2. The molecule has 2 rings (SSSR count). The summed E-state index contributed by atoms with van der Waals surface area (Å²) in [6.45, 7) is 7.50. The zero-order valence-electron chi connectivity index (χ0n) is 10.4. The minimum absolute atomic E-state index is 0.726. The van der Waals surface area contributed by atoms with Crippen molar-refractivity contribution < 1.29 is 0 Å². The molecule has 0 spiro atoms. The van der Waals surface area contributed by atoms with Crippen molar-refractivity contribution in [3.05, 3.63) is 10.7 Å². The van der Waals surface area contributed by atoms with E-state index in [1.54, 1.807) is 0 Å². The van der Waals surface area contributed by atoms with Gasteiger partial charge < -0.3 is 10.2 Å². The van der Waals surface area contributed by atoms with Gasteiger partial charge in [-0.3, -0.25) is 0 Å². The van der Waals surface area contributed by atoms with Gasteiger partial charge in [-0.1, -0.05) is 13.8 Å². The SMILES string of the molecule is CCCNc1ncc(Br)c(N2CCC(C)C2)n1. The van der Waals surface area contributed by atoms with Gasteiger partial charge in [-0.05, 0) is 34.7 Å². The molecule has 0 bridgehead atoms. The Kier molecular flexibility index (Phi) is 4.20. The van der Waals surface area contributed by atoms with E-state index in [2.05, 4.69) is 50.0 Å². The molecule has 1 aliphatic heterocycles. The average Bonchev–Trinajstić information content (AvgIpc) is 2.75. The molecule has 1 N–H and O–H groups in total. The normalized spacial score (nSPS) is 19.7. The number of anilines is 2. The first-order chi connectivity index (χ1) is 8.20. The number of nitrogens with zero attached hydrogens (tertiary/aromatic N) is 3. The van der Waals surface area contributed by atoms with Crippen LogP contribution in [0, 0.1) is 5.92 Å². The molecule has 0 amide bonds. The van der Waals surface area contributed by atoms with Gasteiger partial charge in [0, 0.05) is 25.8 Å². The molecule has 1 aromatic rings. The molecule has 4 nitrogen and oxygen atoms in total. The summed E-state index contributed by atoms with van der Waals surface area (Å²) in [6.07, 6.45) is 4.16. The Hall–Kier alpha value is -0.840. The highest BCUT2D eigenvalue weighted by atomic mass is 79.9. The molecular formula is C12H19BrN4. The number of aromatic nitrogens is 2. The van der Waals surface area contributed by atoms with E-state index in [1.807, 2.05) is 6.20 Å². The van der Waals surface area contributed by atoms with Gasteiger partial charge in [-0.25, -0.2) is 4.98 Å². The van der Waals surface area contributed by atoms with Crippen LogP contribution in [-0.4, -0.2) is 29.6 Å². The van der Waals surface area contributed by atoms with E-state index in [9.17, 15) is 0 Å². The van der Waals surface area contributed by atoms with Crippen LogP contribution in [0.1, 0.15) is 26.7 Å². The van der Waals surface area contributed by atoms with Gasteiger partial charge in [0.25, 0.3) is 0 Å². The van der Waals surface area contributed by atoms with E-state index < -0.39 is 0 Å². The third kappa shape index (κ3) is 3.09. The molecule has 5 heteroatoms. The Bertz CT molecular complexity index is 383. The van der Waals surface area contributed by atoms with Crippen molar-refractivity contribution >= 4 is 27.7 Å². The van der Waals surface area contributed by atoms with Gasteiger partial charge in [-0.15, -0.1) is 0 Å². The van der Waals surface area contributed by atoms with Gasteiger partial charge in [0.1, 0.15) is 5.82 Å². The number of hydrogen-bond acceptors (Lipinski definition) is 4. The third-order valence-corrected chi connectivity index (χ3v) is 3.54. The number of hydrogen-bond donors (Lipinski definition) is 1. The lowest BCUT2D eigenvalue weighted by Crippen LogP contribution is -2.21. The first-order valence-corrected chi connectivity index (χ1v) is 7.01. The molecule has 1 fully saturated rings. The maximum Gasteiger partial charge on any atom is 0.224 e. The van der Waals surface area contributed by atoms with E-state index in [4.69, 9.17) is 0 Å². The average molecular weight is 299 g/mol. The van der Waals surface area contributed by atoms with Gasteiger partial charge in [-0.2, -0.15) is 4.98 Å². The second-order valence-corrected chi connectivity index (χ2v) is 5.49. The summed E-state index contributed by atoms with van der Waals surface area (Å²) in [5.41, 5.74) is 0. The van der Waals surface area contributed by atoms with Crippen LogP contribution in [0.15, 0.2) is 10.7 Å². The summed E-state index contributed by atoms with van der Waals surface area (Å²) in [5.74, 6) is 2.50. The monoisotopic (exact) mass is 298 g/mol. The molecule has 1 saturated heterocycles. The summed E-state index contributed by atoms with van der Waals surface area (Å²) >= 11 is 3.53. The third-order valence-electron chi connectivity index (χ3n) is 2.98. The van der Waals surface area contributed by atoms with Gasteiger partial charge in [0.2, 0.25) is 5.95 Å². The Morgan fingerprint density at radius 3 is 3.06 bits per heavy atom. The second kappa shape index (κ2) is 5.67. The molecular weight excluding hydrogens is 280 g/mol. The second-order valence-electron chi connectivity index (χ2n) is 4.63. The lowest BCUT2D eigenvalue weighted by molar-refractivity contribution is 0.658. The van der Waals surface area contributed by atoms with Gasteiger partial charge >= 0.3 is 0 Å². The molecule has 0 saturated carbocycles. The van der Waals surface area contributed by atoms with Crippen molar-refractivity contribution in [3.8, 4) is 0 Å². The summed E-state index contributed by atoms with van der Waals surface area (Å²) in [5, 5.41) is 3.23. The van der Waals surface area contributed by atoms with Crippen molar-refractivity contribution in [3.63, 3.8) is 0 Å². The van der Waals surface area contributed by atoms with E-state index >= 15 is 0 Å². The molecule has 0 aromatic carbocycles. The Morgan fingerprint density at radius 1 is 1.59 bits per heavy atom. The molecule has 1 aliphatic rings. The summed E-state index contributed by atoms with van der Waals surface area (Å²) in [4.78, 5) is 11.2. The smallest absolute Gasteiger partial charge is 0.224 e. The van der Waals surface area contributed by atoms with Crippen LogP contribution in [0.4, 0.5) is 11.8 Å². The fourth-order valence-corrected chi connectivity index (χ4v) is 2.47. The lowest BCUT2D eigenvalue weighted by Gasteiger charge is -2.19. The fourth-order valence-electron chi connectivity index (χ4n) is 2.03. The summed E-state index contributed by atoms with van der Waals surface area (Å²) in [7, 11) is 0. The van der Waals surface area contributed by atoms with Crippen LogP contribution < -0.4 is 10.2 Å². The maximum absolute atomic E-state index is 4.58. The molecule has 17 heavy (non-hydrogen) atoms. The highest BCUT2D eigenvalue weighted by molar-refractivity contribution is 9.10. The molecule has 0 aliphatic carbocycles. The number of nitrogens with one attached hydrogen (secondary N) is 1. The highest BCUT2D eigenvalue weighted by Crippen LogP contribution is 2.28. The Labute approximate surface area is 111 Å². The molecule has 0 radical (unpaired) electrons. The summed E-state index contributed by atoms with van der Waals surface area (Å²) < 4.78 is 0.980. The fraction of sp³-hybridized carbons (Fsp3) is 0.667. The van der Waals surface area contributed by atoms with Crippen LogP contribution in [-0.2, 0) is 0 Å². The molecule has 1 aromatic heterocycles. The van der Waals surface area contributed by atoms with E-state index in [1.165, 1.54) is 6.42 Å². The van der Waals surface area contributed by atoms with Crippen molar-refractivity contribution in [2.45, 2.75) is 26.7 Å². The quantitative estimate of drug-likeness (QED) is 0.928. The van der Waals surface area contributed by atoms with Gasteiger partial charge in [0.05, 0.1) is 4.47 Å². The predicted octanol–water partition coefficient (Wildman–Crippen LogP) is 2.91. The van der Waals surface area contributed by atoms with Crippen LogP contribution in [0.3, 0.4) is 0 Å². The van der Waals surface area contributed by atoms with Crippen molar-refractivity contribution in [2.24, 2.45) is 5.92 Å². The molecule has 1 unspecified atom stereocenters. The number of rotatable bonds is 4. The predicted molar refractivity (Wildman–Crippen MR) is 74.5 cm³/mol. The highest BCUT2D eigenvalue weighted by Gasteiger charge is 2.22. The van der Waals surface area contributed by atoms with Crippen molar-refractivity contribution in [1.82, 2.24) is 9.97 Å². The topological polar surface area (TPSA) is 41.1 Å². The van der Waals surface area contributed by atoms with Gasteiger partial charge in [0.15, 0.2) is 0 Å². The standard InChI is InChI=1S/C12H19BrN4/c1-3-5-14-12-15-7-10(13)11(16-12)17-6-4-9(2)8-17/h7,9H,3-6,8H2,1-2H3,(H,14,15,16). The van der Waals surface area contributed by atoms with Crippen molar-refractivity contribution in [2.75, 3.05) is 29.9 Å². The minimum atomic E-state index is 0.726. The van der Waals surface area contributed by atoms with E-state index in [0.29, 0.717) is 0 Å². The molecule has 1 atom stereocenters. The molecule has 2 heterocycles. The van der Waals surface area contributed by atoms with Crippen LogP contribution in [0.2, 0.25) is 0 Å². The Morgan fingerprint density at radius 2 is 2.41 bits per heavy atom. The van der Waals surface area contributed by atoms with E-state index in [0.717, 1.165) is 48.2 Å². The van der Waals surface area contributed by atoms with Crippen LogP contribution >= 0.6 is 15.9 Å². The maximum atomic E-state index is 4.58. The zero-order valence-corrected chi connectivity index (χ0v) is 12.0. The van der Waals surface area contributed by atoms with Crippen LogP contribution in [0.25, 0.3) is 0 Å². The largest absolute Gasteiger partial charge is 0.355 e. The first-order valence-electron chi connectivity index (χ1n) is 6.22. The molecule has 94 valence electrons. The minimum Gasteiger partial charge on any atom is -0.355 e. The first kappa shape index (κ1) is 12.6. The summed E-state index contributed by atoms with van der Waals surface area (Å²) in [6, 6.07) is 0. The van der Waals surface area contributed by atoms with E-state index in [-0.39, 0.29) is 0 Å². The number of halogens is 1. The Balaban J connectivity index is 2.14. The van der Waals surface area contributed by atoms with Crippen molar-refractivity contribution in [1.29, 1.82) is 0 Å².